The van der Waals surface area contributed by atoms with Crippen LogP contribution in [0.1, 0.15) is 23.0 Å². The van der Waals surface area contributed by atoms with Crippen molar-refractivity contribution in [3.8, 4) is 0 Å². The lowest BCUT2D eigenvalue weighted by molar-refractivity contribution is -0.137. The molecule has 0 aliphatic rings. The predicted octanol–water partition coefficient (Wildman–Crippen LogP) is 3.67. The van der Waals surface area contributed by atoms with Crippen LogP contribution in [0, 0.1) is 0 Å². The highest BCUT2D eigenvalue weighted by Gasteiger charge is 2.08. The first-order valence-electron chi connectivity index (χ1n) is 6.97. The fourth-order valence-electron chi connectivity index (χ4n) is 1.80. The van der Waals surface area contributed by atoms with Crippen LogP contribution in [0.25, 0.3) is 6.08 Å². The zero-order valence-corrected chi connectivity index (χ0v) is 14.0. The maximum absolute atomic E-state index is 12.1. The van der Waals surface area contributed by atoms with Gasteiger partial charge in [0.1, 0.15) is 10.3 Å². The summed E-state index contributed by atoms with van der Waals surface area (Å²) in [6, 6.07) is 12.2. The van der Waals surface area contributed by atoms with E-state index in [1.165, 1.54) is 6.08 Å². The Morgan fingerprint density at radius 2 is 2.04 bits per heavy atom. The molecule has 0 fully saturated rings. The number of amides is 1. The molecule has 1 heterocycles. The van der Waals surface area contributed by atoms with Gasteiger partial charge in [0.25, 0.3) is 5.91 Å². The molecular formula is C17H15BrN2O3. The first kappa shape index (κ1) is 16.9. The normalized spacial score (nSPS) is 10.5. The van der Waals surface area contributed by atoms with Crippen molar-refractivity contribution in [2.24, 2.45) is 0 Å². The molecule has 1 aromatic carbocycles. The van der Waals surface area contributed by atoms with Crippen molar-refractivity contribution in [1.82, 2.24) is 4.98 Å². The maximum Gasteiger partial charge on any atom is 0.330 e. The van der Waals surface area contributed by atoms with E-state index < -0.39 is 5.97 Å². The van der Waals surface area contributed by atoms with Crippen LogP contribution < -0.4 is 5.32 Å². The fraction of sp³-hybridized carbons (Fsp3) is 0.118. The Morgan fingerprint density at radius 1 is 1.26 bits per heavy atom. The number of halogens is 1. The quantitative estimate of drug-likeness (QED) is 0.492. The van der Waals surface area contributed by atoms with Gasteiger partial charge in [-0.15, -0.1) is 0 Å². The van der Waals surface area contributed by atoms with E-state index >= 15 is 0 Å². The van der Waals surface area contributed by atoms with Gasteiger partial charge in [-0.3, -0.25) is 4.79 Å². The summed E-state index contributed by atoms with van der Waals surface area (Å²) in [5.41, 5.74) is 1.70. The van der Waals surface area contributed by atoms with Crippen LogP contribution in [0.2, 0.25) is 0 Å². The predicted molar refractivity (Wildman–Crippen MR) is 92.0 cm³/mol. The molecule has 0 aliphatic carbocycles. The summed E-state index contributed by atoms with van der Waals surface area (Å²) in [5.74, 6) is -0.710. The number of ether oxygens (including phenoxy) is 1. The van der Waals surface area contributed by atoms with Gasteiger partial charge >= 0.3 is 5.97 Å². The number of esters is 1. The van der Waals surface area contributed by atoms with Crippen molar-refractivity contribution in [1.29, 1.82) is 0 Å². The molecule has 2 aromatic rings. The van der Waals surface area contributed by atoms with Crippen molar-refractivity contribution in [2.75, 3.05) is 11.9 Å². The van der Waals surface area contributed by atoms with Crippen molar-refractivity contribution < 1.29 is 14.3 Å². The number of aromatic nitrogens is 1. The number of carbonyl (C=O) groups excluding carboxylic acids is 2. The first-order chi connectivity index (χ1) is 11.1. The van der Waals surface area contributed by atoms with Crippen LogP contribution in [-0.2, 0) is 9.53 Å². The summed E-state index contributed by atoms with van der Waals surface area (Å²) in [7, 11) is 0. The average Bonchev–Trinajstić information content (AvgIpc) is 2.53. The smallest absolute Gasteiger partial charge is 0.330 e. The molecular weight excluding hydrogens is 360 g/mol. The second-order valence-corrected chi connectivity index (χ2v) is 5.32. The zero-order valence-electron chi connectivity index (χ0n) is 12.5. The molecule has 1 amide bonds. The number of pyridine rings is 1. The van der Waals surface area contributed by atoms with Gasteiger partial charge < -0.3 is 10.1 Å². The topological polar surface area (TPSA) is 68.3 Å². The molecule has 2 rings (SSSR count). The number of nitrogens with one attached hydrogen (secondary N) is 1. The molecule has 0 spiro atoms. The van der Waals surface area contributed by atoms with Crippen LogP contribution in [0.15, 0.2) is 53.1 Å². The second kappa shape index (κ2) is 8.24. The number of hydrogen-bond acceptors (Lipinski definition) is 4. The number of carbonyl (C=O) groups is 2. The molecule has 23 heavy (non-hydrogen) atoms. The van der Waals surface area contributed by atoms with E-state index in [0.29, 0.717) is 22.6 Å². The fourth-order valence-corrected chi connectivity index (χ4v) is 2.15. The summed E-state index contributed by atoms with van der Waals surface area (Å²) < 4.78 is 5.41. The van der Waals surface area contributed by atoms with Crippen LogP contribution in [0.5, 0.6) is 0 Å². The average molecular weight is 375 g/mol. The molecule has 1 aromatic heterocycles. The molecule has 0 saturated heterocycles. The van der Waals surface area contributed by atoms with E-state index in [4.69, 9.17) is 4.74 Å². The molecule has 118 valence electrons. The number of nitrogens with zero attached hydrogens (tertiary/aromatic N) is 1. The van der Waals surface area contributed by atoms with Crippen LogP contribution in [0.3, 0.4) is 0 Å². The first-order valence-corrected chi connectivity index (χ1v) is 7.76. The summed E-state index contributed by atoms with van der Waals surface area (Å²) in [5, 5.41) is 2.77. The number of hydrogen-bond donors (Lipinski definition) is 1. The zero-order chi connectivity index (χ0) is 16.7. The lowest BCUT2D eigenvalue weighted by Crippen LogP contribution is -2.13. The maximum atomic E-state index is 12.1. The van der Waals surface area contributed by atoms with Crippen LogP contribution >= 0.6 is 15.9 Å². The third-order valence-electron chi connectivity index (χ3n) is 2.79. The van der Waals surface area contributed by atoms with E-state index in [0.717, 1.165) is 5.56 Å². The standard InChI is InChI=1S/C17H15BrN2O3/c1-2-23-16(21)10-9-12-5-3-6-13(11-12)19-17(22)14-7-4-8-15(18)20-14/h3-11H,2H2,1H3,(H,19,22). The summed E-state index contributed by atoms with van der Waals surface area (Å²) in [4.78, 5) is 27.5. The van der Waals surface area contributed by atoms with E-state index in [-0.39, 0.29) is 5.91 Å². The Hall–Kier alpha value is -2.47. The molecule has 0 aliphatic heterocycles. The molecule has 0 unspecified atom stereocenters. The molecule has 5 nitrogen and oxygen atoms in total. The minimum Gasteiger partial charge on any atom is -0.463 e. The van der Waals surface area contributed by atoms with Gasteiger partial charge in [-0.1, -0.05) is 18.2 Å². The SMILES string of the molecule is CCOC(=O)C=Cc1cccc(NC(=O)c2cccc(Br)n2)c1. The van der Waals surface area contributed by atoms with Gasteiger partial charge in [-0.2, -0.15) is 0 Å². The molecule has 0 saturated carbocycles. The minimum atomic E-state index is -0.403. The lowest BCUT2D eigenvalue weighted by atomic mass is 10.2. The monoisotopic (exact) mass is 374 g/mol. The minimum absolute atomic E-state index is 0.308. The van der Waals surface area contributed by atoms with Gasteiger partial charge in [0.2, 0.25) is 0 Å². The van der Waals surface area contributed by atoms with Gasteiger partial charge in [-0.25, -0.2) is 9.78 Å². The molecule has 0 bridgehead atoms. The summed E-state index contributed by atoms with van der Waals surface area (Å²) in [6.45, 7) is 2.08. The van der Waals surface area contributed by atoms with Crippen molar-refractivity contribution in [3.63, 3.8) is 0 Å². The van der Waals surface area contributed by atoms with E-state index in [1.54, 1.807) is 49.4 Å². The van der Waals surface area contributed by atoms with Gasteiger partial charge in [0.05, 0.1) is 6.61 Å². The van der Waals surface area contributed by atoms with E-state index in [1.807, 2.05) is 6.07 Å². The third kappa shape index (κ3) is 5.34. The van der Waals surface area contributed by atoms with Crippen molar-refractivity contribution in [3.05, 3.63) is 64.4 Å². The largest absolute Gasteiger partial charge is 0.463 e. The third-order valence-corrected chi connectivity index (χ3v) is 3.23. The molecule has 1 N–H and O–H groups in total. The van der Waals surface area contributed by atoms with Gasteiger partial charge in [0.15, 0.2) is 0 Å². The highest BCUT2D eigenvalue weighted by Crippen LogP contribution is 2.14. The molecule has 0 atom stereocenters. The lowest BCUT2D eigenvalue weighted by Gasteiger charge is -2.06. The Kier molecular flexibility index (Phi) is 6.05. The van der Waals surface area contributed by atoms with E-state index in [9.17, 15) is 9.59 Å². The molecule has 0 radical (unpaired) electrons. The van der Waals surface area contributed by atoms with E-state index in [2.05, 4.69) is 26.2 Å². The van der Waals surface area contributed by atoms with Crippen molar-refractivity contribution >= 4 is 39.6 Å². The Labute approximate surface area is 142 Å². The van der Waals surface area contributed by atoms with Crippen LogP contribution in [-0.4, -0.2) is 23.5 Å². The Balaban J connectivity index is 2.08. The Morgan fingerprint density at radius 3 is 2.78 bits per heavy atom. The number of benzene rings is 1. The Bertz CT molecular complexity index is 744. The van der Waals surface area contributed by atoms with Gasteiger partial charge in [0, 0.05) is 11.8 Å². The highest BCUT2D eigenvalue weighted by atomic mass is 79.9. The summed E-state index contributed by atoms with van der Waals surface area (Å²) >= 11 is 3.23. The van der Waals surface area contributed by atoms with Crippen LogP contribution in [0.4, 0.5) is 5.69 Å². The number of rotatable bonds is 5. The molecule has 6 heteroatoms. The highest BCUT2D eigenvalue weighted by molar-refractivity contribution is 9.10. The summed E-state index contributed by atoms with van der Waals surface area (Å²) in [6.07, 6.45) is 2.98. The second-order valence-electron chi connectivity index (χ2n) is 4.51. The van der Waals surface area contributed by atoms with Crippen molar-refractivity contribution in [2.45, 2.75) is 6.92 Å². The number of anilines is 1. The van der Waals surface area contributed by atoms with Gasteiger partial charge in [-0.05, 0) is 58.8 Å².